The summed E-state index contributed by atoms with van der Waals surface area (Å²) >= 11 is 0. The summed E-state index contributed by atoms with van der Waals surface area (Å²) in [6, 6.07) is 6.58. The van der Waals surface area contributed by atoms with Crippen molar-refractivity contribution < 1.29 is 20.6 Å². The van der Waals surface area contributed by atoms with Gasteiger partial charge >= 0.3 is 8.80 Å². The van der Waals surface area contributed by atoms with E-state index in [2.05, 4.69) is 118 Å². The van der Waals surface area contributed by atoms with Crippen molar-refractivity contribution in [3.8, 4) is 0 Å². The maximum Gasteiger partial charge on any atom is 0.466 e. The van der Waals surface area contributed by atoms with Crippen LogP contribution in [0.2, 0.25) is 141 Å². The molecule has 0 saturated carbocycles. The fraction of sp³-hybridized carbons (Fsp3) is 0.933. The third-order valence-corrected chi connectivity index (χ3v) is 36.6. The van der Waals surface area contributed by atoms with Crippen molar-refractivity contribution in [3.63, 3.8) is 0 Å². The normalized spacial score (nSPS) is 14.8. The van der Waals surface area contributed by atoms with Gasteiger partial charge in [0.15, 0.2) is 58.2 Å². The SMILES string of the molecule is C.C.C.C.C=CC[Si](C)(C)O[Si](C)(C)CC[Si](C)(C)O[Si](C)(O[Si](C)(C)CCC)O[Si](C)(C)CC[Si](C)(C)O[Si](C)(C)C. The molecule has 0 spiro atoms. The van der Waals surface area contributed by atoms with Crippen LogP contribution < -0.4 is 0 Å². The Bertz CT molecular complexity index is 768. The molecule has 0 heterocycles. The van der Waals surface area contributed by atoms with E-state index in [9.17, 15) is 0 Å². The van der Waals surface area contributed by atoms with E-state index in [1.54, 1.807) is 0 Å². The van der Waals surface area contributed by atoms with Gasteiger partial charge in [0.25, 0.3) is 0 Å². The zero-order valence-electron chi connectivity index (χ0n) is 29.3. The Balaban J connectivity index is -0.00000120. The first-order valence-electron chi connectivity index (χ1n) is 15.2. The first kappa shape index (κ1) is 53.8. The average Bonchev–Trinajstić information content (AvgIpc) is 2.60. The van der Waals surface area contributed by atoms with Gasteiger partial charge in [-0.25, -0.2) is 0 Å². The Hall–Kier alpha value is 1.28. The molecule has 0 radical (unpaired) electrons. The van der Waals surface area contributed by atoms with E-state index in [-0.39, 0.29) is 29.7 Å². The second-order valence-electron chi connectivity index (χ2n) is 16.3. The highest BCUT2D eigenvalue weighted by atomic mass is 28.5. The molecule has 1 atom stereocenters. The predicted molar refractivity (Wildman–Crippen MR) is 222 cm³/mol. The third kappa shape index (κ3) is 26.0. The number of hydrogen-bond acceptors (Lipinski definition) is 5. The van der Waals surface area contributed by atoms with Crippen molar-refractivity contribution in [1.29, 1.82) is 0 Å². The Kier molecular flexibility index (Phi) is 24.9. The lowest BCUT2D eigenvalue weighted by atomic mass is 10.6. The van der Waals surface area contributed by atoms with E-state index in [0.717, 1.165) is 42.7 Å². The van der Waals surface area contributed by atoms with Gasteiger partial charge in [-0.15, -0.1) is 6.58 Å². The zero-order valence-corrected chi connectivity index (χ0v) is 37.3. The van der Waals surface area contributed by atoms with Crippen molar-refractivity contribution in [2.75, 3.05) is 0 Å². The van der Waals surface area contributed by atoms with Gasteiger partial charge in [0.1, 0.15) is 0 Å². The molecule has 1 unspecified atom stereocenters. The molecule has 0 N–H and O–H groups in total. The summed E-state index contributed by atoms with van der Waals surface area (Å²) in [5.74, 6) is 0. The summed E-state index contributed by atoms with van der Waals surface area (Å²) < 4.78 is 34.9. The Morgan fingerprint density at radius 3 is 0.977 bits per heavy atom. The molecule has 0 saturated heterocycles. The lowest BCUT2D eigenvalue weighted by molar-refractivity contribution is 0.258. The molecule has 0 aromatic rings. The van der Waals surface area contributed by atoms with Gasteiger partial charge in [-0.05, 0) is 134 Å². The van der Waals surface area contributed by atoms with Crippen molar-refractivity contribution in [1.82, 2.24) is 0 Å². The minimum absolute atomic E-state index is 0. The summed E-state index contributed by atoms with van der Waals surface area (Å²) in [5, 5.41) is 0. The van der Waals surface area contributed by atoms with Crippen LogP contribution in [0.25, 0.3) is 0 Å². The third-order valence-electron chi connectivity index (χ3n) is 6.67. The number of allylic oxidation sites excluding steroid dienone is 1. The van der Waals surface area contributed by atoms with Crippen molar-refractivity contribution >= 4 is 67.0 Å². The van der Waals surface area contributed by atoms with Crippen LogP contribution in [-0.2, 0) is 20.6 Å². The topological polar surface area (TPSA) is 46.2 Å². The van der Waals surface area contributed by atoms with E-state index >= 15 is 0 Å². The van der Waals surface area contributed by atoms with Crippen molar-refractivity contribution in [2.24, 2.45) is 0 Å². The van der Waals surface area contributed by atoms with E-state index in [1.807, 2.05) is 6.08 Å². The zero-order chi connectivity index (χ0) is 31.2. The molecule has 0 aromatic heterocycles. The Morgan fingerprint density at radius 2 is 0.698 bits per heavy atom. The van der Waals surface area contributed by atoms with Crippen LogP contribution >= 0.6 is 0 Å². The lowest BCUT2D eigenvalue weighted by Crippen LogP contribution is -2.60. The standard InChI is InChI=1S/C26H68O5Si8.4CH4/c1-19-21-33(6,7)28-36(12,13)24-26-38(16,17)31-39(18,29-34(8,9)22-20-2)30-37(14,15)25-23-35(10,11)27-32(3,4)5;;;;/h19H,1,20-26H2,2-18H3;4*1H4. The summed E-state index contributed by atoms with van der Waals surface area (Å²) in [4.78, 5) is 0. The maximum atomic E-state index is 7.18. The van der Waals surface area contributed by atoms with Gasteiger partial charge < -0.3 is 20.6 Å². The number of hydrogen-bond donors (Lipinski definition) is 0. The molecular formula is C30H84O5Si8. The van der Waals surface area contributed by atoms with Crippen LogP contribution in [0.15, 0.2) is 12.7 Å². The van der Waals surface area contributed by atoms with Gasteiger partial charge in [0.05, 0.1) is 0 Å². The summed E-state index contributed by atoms with van der Waals surface area (Å²) in [6.07, 6.45) is 3.17. The van der Waals surface area contributed by atoms with E-state index < -0.39 is 67.0 Å². The molecule has 0 fully saturated rings. The van der Waals surface area contributed by atoms with Crippen LogP contribution in [0.1, 0.15) is 43.1 Å². The lowest BCUT2D eigenvalue weighted by Gasteiger charge is -2.44. The minimum Gasteiger partial charge on any atom is -0.456 e. The average molecular weight is 750 g/mol. The molecule has 5 nitrogen and oxygen atoms in total. The van der Waals surface area contributed by atoms with Gasteiger partial charge in [0.2, 0.25) is 0 Å². The molecule has 266 valence electrons. The summed E-state index contributed by atoms with van der Waals surface area (Å²) in [7, 11) is -15.7. The van der Waals surface area contributed by atoms with E-state index in [1.165, 1.54) is 0 Å². The number of rotatable bonds is 20. The monoisotopic (exact) mass is 748 g/mol. The smallest absolute Gasteiger partial charge is 0.456 e. The highest BCUT2D eigenvalue weighted by Crippen LogP contribution is 2.34. The van der Waals surface area contributed by atoms with Gasteiger partial charge in [-0.1, -0.05) is 49.1 Å². The van der Waals surface area contributed by atoms with Crippen LogP contribution in [0.4, 0.5) is 0 Å². The second-order valence-corrected chi connectivity index (χ2v) is 50.3. The van der Waals surface area contributed by atoms with Gasteiger partial charge in [-0.3, -0.25) is 0 Å². The molecule has 0 aliphatic carbocycles. The maximum absolute atomic E-state index is 7.18. The first-order valence-corrected chi connectivity index (χ1v) is 39.5. The first-order chi connectivity index (χ1) is 17.1. The minimum atomic E-state index is -2.85. The molecule has 0 aliphatic rings. The molecule has 43 heavy (non-hydrogen) atoms. The Labute approximate surface area is 283 Å². The van der Waals surface area contributed by atoms with E-state index in [0.29, 0.717) is 0 Å². The highest BCUT2D eigenvalue weighted by molar-refractivity contribution is 6.92. The van der Waals surface area contributed by atoms with Gasteiger partial charge in [0, 0.05) is 6.55 Å². The highest BCUT2D eigenvalue weighted by Gasteiger charge is 2.49. The van der Waals surface area contributed by atoms with E-state index in [4.69, 9.17) is 20.6 Å². The van der Waals surface area contributed by atoms with Crippen LogP contribution in [0.3, 0.4) is 0 Å². The summed E-state index contributed by atoms with van der Waals surface area (Å²) in [6.45, 7) is 43.6. The van der Waals surface area contributed by atoms with Crippen LogP contribution in [-0.4, -0.2) is 67.0 Å². The largest absolute Gasteiger partial charge is 0.466 e. The molecule has 0 rings (SSSR count). The molecular weight excluding hydrogens is 665 g/mol. The predicted octanol–water partition coefficient (Wildman–Crippen LogP) is 12.8. The quantitative estimate of drug-likeness (QED) is 0.0916. The second kappa shape index (κ2) is 19.9. The fourth-order valence-corrected chi connectivity index (χ4v) is 45.8. The Morgan fingerprint density at radius 1 is 0.419 bits per heavy atom. The summed E-state index contributed by atoms with van der Waals surface area (Å²) in [5.41, 5.74) is 0. The molecule has 0 aromatic carbocycles. The molecule has 0 amide bonds. The van der Waals surface area contributed by atoms with Crippen molar-refractivity contribution in [3.05, 3.63) is 12.7 Å². The van der Waals surface area contributed by atoms with Crippen LogP contribution in [0.5, 0.6) is 0 Å². The molecule has 13 heteroatoms. The van der Waals surface area contributed by atoms with Crippen LogP contribution in [0, 0.1) is 0 Å². The van der Waals surface area contributed by atoms with Gasteiger partial charge in [-0.2, -0.15) is 0 Å². The molecule has 0 bridgehead atoms. The fourth-order valence-electron chi connectivity index (χ4n) is 5.60. The molecule has 0 aliphatic heterocycles. The van der Waals surface area contributed by atoms with Crippen molar-refractivity contribution in [2.45, 2.75) is 184 Å².